The Labute approximate surface area is 101 Å². The first kappa shape index (κ1) is 11.7. The highest BCUT2D eigenvalue weighted by Gasteiger charge is 2.23. The minimum absolute atomic E-state index is 0.0517. The quantitative estimate of drug-likeness (QED) is 0.755. The summed E-state index contributed by atoms with van der Waals surface area (Å²) in [5.74, 6) is -0.301. The van der Waals surface area contributed by atoms with Gasteiger partial charge in [0.25, 0.3) is 0 Å². The van der Waals surface area contributed by atoms with E-state index in [9.17, 15) is 4.79 Å². The number of methoxy groups -OCH3 is 1. The topological polar surface area (TPSA) is 38.3 Å². The number of carbonyl (C=O) groups is 1. The van der Waals surface area contributed by atoms with E-state index in [1.165, 1.54) is 12.7 Å². The van der Waals surface area contributed by atoms with Crippen molar-refractivity contribution in [2.75, 3.05) is 12.4 Å². The molecular weight excluding hydrogens is 214 g/mol. The maximum Gasteiger partial charge on any atom is 0.337 e. The van der Waals surface area contributed by atoms with Gasteiger partial charge in [-0.3, -0.25) is 0 Å². The summed E-state index contributed by atoms with van der Waals surface area (Å²) in [5.41, 5.74) is 3.83. The number of ether oxygens (including phenoxy) is 1. The molecule has 1 N–H and O–H groups in total. The zero-order valence-corrected chi connectivity index (χ0v) is 10.6. The number of hydrogen-bond acceptors (Lipinski definition) is 3. The van der Waals surface area contributed by atoms with Crippen molar-refractivity contribution in [3.8, 4) is 0 Å². The highest BCUT2D eigenvalue weighted by Crippen LogP contribution is 2.34. The molecule has 0 saturated carbocycles. The van der Waals surface area contributed by atoms with E-state index in [4.69, 9.17) is 4.74 Å². The van der Waals surface area contributed by atoms with E-state index in [2.05, 4.69) is 32.2 Å². The number of carbonyl (C=O) groups excluding carboxylic acids is 1. The Balaban J connectivity index is 2.48. The number of nitrogens with one attached hydrogen (secondary N) is 1. The summed E-state index contributed by atoms with van der Waals surface area (Å²) < 4.78 is 4.72. The lowest BCUT2D eigenvalue weighted by Crippen LogP contribution is -2.31. The third kappa shape index (κ3) is 2.18. The predicted octanol–water partition coefficient (Wildman–Crippen LogP) is 3.08. The molecule has 0 amide bonds. The number of anilines is 1. The van der Waals surface area contributed by atoms with Crippen LogP contribution in [0.2, 0.25) is 0 Å². The van der Waals surface area contributed by atoms with E-state index in [0.29, 0.717) is 5.56 Å². The molecule has 3 nitrogen and oxygen atoms in total. The van der Waals surface area contributed by atoms with Crippen LogP contribution in [0, 0.1) is 0 Å². The Morgan fingerprint density at radius 2 is 2.06 bits per heavy atom. The van der Waals surface area contributed by atoms with Crippen LogP contribution in [0.1, 0.15) is 36.7 Å². The highest BCUT2D eigenvalue weighted by atomic mass is 16.5. The van der Waals surface area contributed by atoms with Crippen LogP contribution in [0.25, 0.3) is 5.57 Å². The molecule has 0 saturated heterocycles. The van der Waals surface area contributed by atoms with Gasteiger partial charge in [0.15, 0.2) is 0 Å². The number of hydrogen-bond donors (Lipinski definition) is 1. The number of esters is 1. The molecule has 3 heteroatoms. The summed E-state index contributed by atoms with van der Waals surface area (Å²) in [6.45, 7) is 6.30. The third-order valence-electron chi connectivity index (χ3n) is 2.90. The lowest BCUT2D eigenvalue weighted by molar-refractivity contribution is 0.0600. The van der Waals surface area contributed by atoms with Crippen LogP contribution < -0.4 is 5.32 Å². The van der Waals surface area contributed by atoms with E-state index in [1.54, 1.807) is 6.07 Å². The molecule has 0 bridgehead atoms. The number of rotatable bonds is 1. The first-order chi connectivity index (χ1) is 7.93. The van der Waals surface area contributed by atoms with Gasteiger partial charge in [0.2, 0.25) is 0 Å². The molecule has 90 valence electrons. The van der Waals surface area contributed by atoms with Crippen molar-refractivity contribution in [3.63, 3.8) is 0 Å². The largest absolute Gasteiger partial charge is 0.465 e. The molecule has 1 aromatic carbocycles. The highest BCUT2D eigenvalue weighted by molar-refractivity contribution is 5.92. The summed E-state index contributed by atoms with van der Waals surface area (Å²) in [7, 11) is 1.39. The van der Waals surface area contributed by atoms with Crippen molar-refractivity contribution >= 4 is 17.2 Å². The molecule has 17 heavy (non-hydrogen) atoms. The molecule has 0 radical (unpaired) electrons. The summed E-state index contributed by atoms with van der Waals surface area (Å²) in [6, 6.07) is 5.58. The van der Waals surface area contributed by atoms with Crippen molar-refractivity contribution in [3.05, 3.63) is 35.4 Å². The summed E-state index contributed by atoms with van der Waals surface area (Å²) in [4.78, 5) is 11.5. The number of benzene rings is 1. The van der Waals surface area contributed by atoms with Gasteiger partial charge in [-0.2, -0.15) is 0 Å². The van der Waals surface area contributed by atoms with Gasteiger partial charge >= 0.3 is 5.97 Å². The van der Waals surface area contributed by atoms with Gasteiger partial charge in [-0.1, -0.05) is 6.08 Å². The smallest absolute Gasteiger partial charge is 0.337 e. The molecule has 1 aliphatic rings. The summed E-state index contributed by atoms with van der Waals surface area (Å²) >= 11 is 0. The third-order valence-corrected chi connectivity index (χ3v) is 2.90. The van der Waals surface area contributed by atoms with Crippen LogP contribution in [0.4, 0.5) is 5.69 Å². The maximum absolute atomic E-state index is 11.5. The van der Waals surface area contributed by atoms with Crippen LogP contribution in [0.3, 0.4) is 0 Å². The van der Waals surface area contributed by atoms with Gasteiger partial charge in [-0.25, -0.2) is 4.79 Å². The van der Waals surface area contributed by atoms with Gasteiger partial charge in [0.1, 0.15) is 0 Å². The second-order valence-corrected chi connectivity index (χ2v) is 4.93. The van der Waals surface area contributed by atoms with Crippen molar-refractivity contribution in [2.45, 2.75) is 26.3 Å². The van der Waals surface area contributed by atoms with E-state index >= 15 is 0 Å². The molecular formula is C14H17NO2. The molecule has 0 unspecified atom stereocenters. The Morgan fingerprint density at radius 1 is 1.35 bits per heavy atom. The van der Waals surface area contributed by atoms with E-state index in [1.807, 2.05) is 12.1 Å². The minimum atomic E-state index is -0.301. The average Bonchev–Trinajstić information content (AvgIpc) is 2.26. The zero-order chi connectivity index (χ0) is 12.6. The monoisotopic (exact) mass is 231 g/mol. The van der Waals surface area contributed by atoms with Gasteiger partial charge < -0.3 is 10.1 Å². The molecule has 0 spiro atoms. The van der Waals surface area contributed by atoms with Crippen molar-refractivity contribution in [2.24, 2.45) is 0 Å². The summed E-state index contributed by atoms with van der Waals surface area (Å²) in [6.07, 6.45) is 2.16. The fourth-order valence-electron chi connectivity index (χ4n) is 2.23. The molecule has 0 fully saturated rings. The average molecular weight is 231 g/mol. The second kappa shape index (κ2) is 3.91. The fraction of sp³-hybridized carbons (Fsp3) is 0.357. The van der Waals surface area contributed by atoms with E-state index in [-0.39, 0.29) is 11.5 Å². The number of allylic oxidation sites excluding steroid dienone is 1. The van der Waals surface area contributed by atoms with Crippen molar-refractivity contribution < 1.29 is 9.53 Å². The van der Waals surface area contributed by atoms with Crippen molar-refractivity contribution in [1.82, 2.24) is 0 Å². The lowest BCUT2D eigenvalue weighted by atomic mass is 9.90. The minimum Gasteiger partial charge on any atom is -0.465 e. The van der Waals surface area contributed by atoms with Crippen molar-refractivity contribution in [1.29, 1.82) is 0 Å². The van der Waals surface area contributed by atoms with Crippen LogP contribution in [0.5, 0.6) is 0 Å². The van der Waals surface area contributed by atoms with Gasteiger partial charge in [-0.15, -0.1) is 0 Å². The van der Waals surface area contributed by atoms with E-state index in [0.717, 1.165) is 11.3 Å². The standard InChI is InChI=1S/C14H17NO2/c1-9-8-14(2,3)15-12-6-5-10(7-11(9)12)13(16)17-4/h5-8,15H,1-4H3. The Hall–Kier alpha value is -1.77. The van der Waals surface area contributed by atoms with Gasteiger partial charge in [0.05, 0.1) is 18.2 Å². The molecule has 1 heterocycles. The summed E-state index contributed by atoms with van der Waals surface area (Å²) in [5, 5.41) is 3.42. The fourth-order valence-corrected chi connectivity index (χ4v) is 2.23. The lowest BCUT2D eigenvalue weighted by Gasteiger charge is -2.31. The predicted molar refractivity (Wildman–Crippen MR) is 69.1 cm³/mol. The van der Waals surface area contributed by atoms with Gasteiger partial charge in [0, 0.05) is 11.3 Å². The van der Waals surface area contributed by atoms with Crippen LogP contribution in [-0.2, 0) is 4.74 Å². The zero-order valence-electron chi connectivity index (χ0n) is 10.6. The second-order valence-electron chi connectivity index (χ2n) is 4.93. The normalized spacial score (nSPS) is 16.6. The number of fused-ring (bicyclic) bond motifs is 1. The molecule has 0 atom stereocenters. The molecule has 1 aliphatic heterocycles. The van der Waals surface area contributed by atoms with Gasteiger partial charge in [-0.05, 0) is 44.5 Å². The first-order valence-electron chi connectivity index (χ1n) is 5.63. The Morgan fingerprint density at radius 3 is 2.71 bits per heavy atom. The van der Waals surface area contributed by atoms with Crippen LogP contribution >= 0.6 is 0 Å². The Bertz CT molecular complexity index is 501. The SMILES string of the molecule is COC(=O)c1ccc2c(c1)C(C)=CC(C)(C)N2. The molecule has 1 aromatic rings. The first-order valence-corrected chi connectivity index (χ1v) is 5.63. The van der Waals surface area contributed by atoms with E-state index < -0.39 is 0 Å². The molecule has 2 rings (SSSR count). The Kier molecular flexibility index (Phi) is 2.69. The van der Waals surface area contributed by atoms with Crippen LogP contribution in [0.15, 0.2) is 24.3 Å². The molecule has 0 aromatic heterocycles. The maximum atomic E-state index is 11.5. The van der Waals surface area contributed by atoms with Crippen LogP contribution in [-0.4, -0.2) is 18.6 Å². The molecule has 0 aliphatic carbocycles.